The first kappa shape index (κ1) is 23.5. The number of fused-ring (bicyclic) bond motifs is 2. The fourth-order valence-corrected chi connectivity index (χ4v) is 5.84. The largest absolute Gasteiger partial charge is 0.370 e. The highest BCUT2D eigenvalue weighted by molar-refractivity contribution is 5.67. The molecule has 5 rings (SSSR count). The van der Waals surface area contributed by atoms with Crippen molar-refractivity contribution in [2.24, 2.45) is 0 Å². The topological polar surface area (TPSA) is 79.8 Å². The molecule has 0 saturated carbocycles. The van der Waals surface area contributed by atoms with Gasteiger partial charge in [0.05, 0.1) is 34.5 Å². The van der Waals surface area contributed by atoms with Crippen LogP contribution in [0.3, 0.4) is 0 Å². The van der Waals surface area contributed by atoms with E-state index in [1.165, 1.54) is 0 Å². The summed E-state index contributed by atoms with van der Waals surface area (Å²) in [6, 6.07) is 6.01. The smallest absolute Gasteiger partial charge is 0.258 e. The predicted molar refractivity (Wildman–Crippen MR) is 140 cm³/mol. The maximum absolute atomic E-state index is 13.3. The fraction of sp³-hybridized carbons (Fsp3) is 0.481. The van der Waals surface area contributed by atoms with E-state index in [2.05, 4.69) is 61.1 Å². The number of piperidine rings is 1. The van der Waals surface area contributed by atoms with Gasteiger partial charge in [0.2, 0.25) is 0 Å². The van der Waals surface area contributed by atoms with Crippen LogP contribution in [0.25, 0.3) is 22.6 Å². The van der Waals surface area contributed by atoms with Gasteiger partial charge in [-0.2, -0.15) is 5.10 Å². The van der Waals surface area contributed by atoms with Crippen molar-refractivity contribution >= 4 is 16.9 Å². The molecule has 0 atom stereocenters. The van der Waals surface area contributed by atoms with Crippen LogP contribution in [0.1, 0.15) is 57.5 Å². The Hall–Kier alpha value is -3.26. The van der Waals surface area contributed by atoms with Crippen LogP contribution in [0.15, 0.2) is 35.4 Å². The number of nitrogens with zero attached hydrogens (tertiary/aromatic N) is 6. The highest BCUT2D eigenvalue weighted by atomic mass is 16.1. The average Bonchev–Trinajstić information content (AvgIpc) is 3.16. The van der Waals surface area contributed by atoms with E-state index < -0.39 is 0 Å². The number of hydrogen-bond donors (Lipinski definition) is 1. The summed E-state index contributed by atoms with van der Waals surface area (Å²) in [6.45, 7) is 15.0. The van der Waals surface area contributed by atoms with Gasteiger partial charge in [0.25, 0.3) is 5.56 Å². The number of pyridine rings is 1. The Kier molecular flexibility index (Phi) is 5.29. The number of nitrogens with one attached hydrogen (secondary N) is 1. The van der Waals surface area contributed by atoms with Crippen LogP contribution >= 0.6 is 0 Å². The highest BCUT2D eigenvalue weighted by Crippen LogP contribution is 2.33. The molecule has 8 nitrogen and oxygen atoms in total. The van der Waals surface area contributed by atoms with E-state index in [-0.39, 0.29) is 16.6 Å². The van der Waals surface area contributed by atoms with Crippen molar-refractivity contribution < 1.29 is 0 Å². The Balaban J connectivity index is 1.55. The SMILES string of the molecule is Cc1cn2nc(-c3cc(=O)n4cc(N(C)C5CC(C)(C)NC(C)(C)C5)cc(C)c4n3)cc2c(C)n1. The van der Waals surface area contributed by atoms with Gasteiger partial charge in [-0.25, -0.2) is 9.50 Å². The van der Waals surface area contributed by atoms with E-state index in [9.17, 15) is 4.79 Å². The van der Waals surface area contributed by atoms with Crippen molar-refractivity contribution in [1.82, 2.24) is 29.3 Å². The maximum Gasteiger partial charge on any atom is 0.258 e. The second-order valence-corrected chi connectivity index (χ2v) is 11.4. The van der Waals surface area contributed by atoms with Gasteiger partial charge < -0.3 is 10.2 Å². The molecule has 0 bridgehead atoms. The summed E-state index contributed by atoms with van der Waals surface area (Å²) in [5.74, 6) is 0. The van der Waals surface area contributed by atoms with Crippen molar-refractivity contribution in [2.75, 3.05) is 11.9 Å². The van der Waals surface area contributed by atoms with Crippen LogP contribution in [0.2, 0.25) is 0 Å². The van der Waals surface area contributed by atoms with E-state index in [1.807, 2.05) is 43.7 Å². The average molecular weight is 474 g/mol. The molecule has 1 aliphatic rings. The molecule has 0 amide bonds. The molecule has 35 heavy (non-hydrogen) atoms. The number of hydrogen-bond acceptors (Lipinski definition) is 6. The zero-order chi connectivity index (χ0) is 25.3. The van der Waals surface area contributed by atoms with Crippen LogP contribution in [-0.4, -0.2) is 48.2 Å². The summed E-state index contributed by atoms with van der Waals surface area (Å²) in [6.07, 6.45) is 5.86. The standard InChI is InChI=1S/C27H35N7O/c1-16-9-19(32(8)20-12-26(4,5)31-27(6,7)13-20)15-33-24(35)11-21(29-25(16)33)22-10-23-18(3)28-17(2)14-34(23)30-22/h9-11,14-15,20,31H,12-13H2,1-8H3. The molecule has 1 N–H and O–H groups in total. The lowest BCUT2D eigenvalue weighted by Gasteiger charge is -2.49. The van der Waals surface area contributed by atoms with E-state index in [0.717, 1.165) is 41.0 Å². The first-order valence-corrected chi connectivity index (χ1v) is 12.2. The third-order valence-corrected chi connectivity index (χ3v) is 7.08. The maximum atomic E-state index is 13.3. The quantitative estimate of drug-likeness (QED) is 0.483. The second-order valence-electron chi connectivity index (χ2n) is 11.4. The number of aromatic nitrogens is 5. The monoisotopic (exact) mass is 473 g/mol. The van der Waals surface area contributed by atoms with Crippen molar-refractivity contribution in [3.8, 4) is 11.4 Å². The molecule has 0 aromatic carbocycles. The first-order chi connectivity index (χ1) is 16.3. The molecule has 0 unspecified atom stereocenters. The van der Waals surface area contributed by atoms with Gasteiger partial charge in [0.1, 0.15) is 11.3 Å². The van der Waals surface area contributed by atoms with Crippen LogP contribution in [-0.2, 0) is 0 Å². The minimum absolute atomic E-state index is 0.0420. The Labute approximate surface area is 206 Å². The third kappa shape index (κ3) is 4.31. The predicted octanol–water partition coefficient (Wildman–Crippen LogP) is 4.07. The normalized spacial score (nSPS) is 17.8. The molecule has 0 spiro atoms. The second kappa shape index (κ2) is 7.88. The first-order valence-electron chi connectivity index (χ1n) is 12.2. The van der Waals surface area contributed by atoms with Crippen LogP contribution in [0.4, 0.5) is 5.69 Å². The zero-order valence-electron chi connectivity index (χ0n) is 22.0. The van der Waals surface area contributed by atoms with Crippen molar-refractivity contribution in [3.63, 3.8) is 0 Å². The number of aryl methyl sites for hydroxylation is 3. The molecule has 0 aliphatic carbocycles. The lowest BCUT2D eigenvalue weighted by molar-refractivity contribution is 0.161. The molecule has 1 saturated heterocycles. The summed E-state index contributed by atoms with van der Waals surface area (Å²) >= 11 is 0. The molecular formula is C27H35N7O. The molecule has 0 radical (unpaired) electrons. The van der Waals surface area contributed by atoms with Crippen LogP contribution in [0.5, 0.6) is 0 Å². The van der Waals surface area contributed by atoms with Gasteiger partial charge in [-0.3, -0.25) is 14.2 Å². The van der Waals surface area contributed by atoms with Gasteiger partial charge >= 0.3 is 0 Å². The highest BCUT2D eigenvalue weighted by Gasteiger charge is 2.39. The summed E-state index contributed by atoms with van der Waals surface area (Å²) in [5.41, 5.74) is 6.54. The Morgan fingerprint density at radius 1 is 0.971 bits per heavy atom. The van der Waals surface area contributed by atoms with Gasteiger partial charge in [0, 0.05) is 36.4 Å². The van der Waals surface area contributed by atoms with E-state index in [0.29, 0.717) is 23.1 Å². The minimum Gasteiger partial charge on any atom is -0.370 e. The van der Waals surface area contributed by atoms with Gasteiger partial charge in [-0.05, 0) is 79.0 Å². The third-order valence-electron chi connectivity index (χ3n) is 7.08. The van der Waals surface area contributed by atoms with Gasteiger partial charge in [-0.1, -0.05) is 0 Å². The van der Waals surface area contributed by atoms with Gasteiger partial charge in [-0.15, -0.1) is 0 Å². The zero-order valence-corrected chi connectivity index (χ0v) is 22.0. The van der Waals surface area contributed by atoms with Crippen molar-refractivity contribution in [1.29, 1.82) is 0 Å². The Morgan fingerprint density at radius 2 is 1.66 bits per heavy atom. The lowest BCUT2D eigenvalue weighted by Crippen LogP contribution is -2.61. The van der Waals surface area contributed by atoms with Crippen LogP contribution in [0, 0.1) is 20.8 Å². The lowest BCUT2D eigenvalue weighted by atomic mass is 9.79. The van der Waals surface area contributed by atoms with E-state index in [4.69, 9.17) is 4.98 Å². The molecule has 1 aliphatic heterocycles. The summed E-state index contributed by atoms with van der Waals surface area (Å²) in [5, 5.41) is 8.42. The molecule has 4 aromatic rings. The summed E-state index contributed by atoms with van der Waals surface area (Å²) < 4.78 is 3.47. The number of anilines is 1. The van der Waals surface area contributed by atoms with E-state index in [1.54, 1.807) is 10.5 Å². The van der Waals surface area contributed by atoms with Crippen molar-refractivity contribution in [3.05, 3.63) is 57.9 Å². The summed E-state index contributed by atoms with van der Waals surface area (Å²) in [4.78, 5) is 25.0. The fourth-order valence-electron chi connectivity index (χ4n) is 5.84. The Bertz CT molecular complexity index is 1500. The Morgan fingerprint density at radius 3 is 2.34 bits per heavy atom. The molecule has 8 heteroatoms. The molecule has 4 aromatic heterocycles. The molecule has 1 fully saturated rings. The number of rotatable bonds is 3. The van der Waals surface area contributed by atoms with Gasteiger partial charge in [0.15, 0.2) is 0 Å². The molecule has 5 heterocycles. The van der Waals surface area contributed by atoms with Crippen LogP contribution < -0.4 is 15.8 Å². The molecular weight excluding hydrogens is 438 g/mol. The summed E-state index contributed by atoms with van der Waals surface area (Å²) in [7, 11) is 2.13. The molecule has 184 valence electrons. The minimum atomic E-state index is -0.114. The van der Waals surface area contributed by atoms with Crippen molar-refractivity contribution in [2.45, 2.75) is 78.4 Å². The van der Waals surface area contributed by atoms with E-state index >= 15 is 0 Å².